The first-order chi connectivity index (χ1) is 7.64. The third kappa shape index (κ3) is 2.84. The number of aromatic carboxylic acids is 1. The van der Waals surface area contributed by atoms with E-state index >= 15 is 0 Å². The molecule has 0 amide bonds. The molecular weight excluding hydrogens is 297 g/mol. The molecule has 0 saturated heterocycles. The molecule has 7 nitrogen and oxygen atoms in total. The summed E-state index contributed by atoms with van der Waals surface area (Å²) in [6.07, 6.45) is 0. The maximum Gasteiger partial charge on any atom is 0.335 e. The number of carbonyl (C=O) groups is 1. The maximum atomic E-state index is 11.1. The fourth-order valence-corrected chi connectivity index (χ4v) is 2.57. The lowest BCUT2D eigenvalue weighted by Gasteiger charge is -2.03. The Kier molecular flexibility index (Phi) is 3.60. The van der Waals surface area contributed by atoms with Crippen LogP contribution in [0.1, 0.15) is 10.4 Å². The number of nitro benzene ring substituents is 1. The molecule has 1 N–H and O–H groups in total. The smallest absolute Gasteiger partial charge is 0.335 e. The number of hydrogen-bond donors (Lipinski definition) is 1. The van der Waals surface area contributed by atoms with Gasteiger partial charge in [0.15, 0.2) is 0 Å². The van der Waals surface area contributed by atoms with Crippen LogP contribution in [-0.2, 0) is 9.05 Å². The number of nitro groups is 1. The zero-order valence-corrected chi connectivity index (χ0v) is 10.1. The standard InChI is InChI=1S/C7H3Cl2NO6S/c8-6-4(10(13)14)1-3(7(11)12)2-5(6)17(9,15)16/h1-2H,(H,11,12). The number of benzene rings is 1. The lowest BCUT2D eigenvalue weighted by Crippen LogP contribution is -2.03. The molecule has 0 bridgehead atoms. The minimum absolute atomic E-state index is 0.597. The van der Waals surface area contributed by atoms with E-state index in [-0.39, 0.29) is 0 Å². The Hall–Kier alpha value is -1.38. The lowest BCUT2D eigenvalue weighted by atomic mass is 10.2. The Balaban J connectivity index is 3.73. The highest BCUT2D eigenvalue weighted by molar-refractivity contribution is 8.13. The van der Waals surface area contributed by atoms with Crippen LogP contribution >= 0.6 is 22.3 Å². The Morgan fingerprint density at radius 2 is 1.94 bits per heavy atom. The Morgan fingerprint density at radius 3 is 2.29 bits per heavy atom. The lowest BCUT2D eigenvalue weighted by molar-refractivity contribution is -0.384. The quantitative estimate of drug-likeness (QED) is 0.517. The molecular formula is C7H3Cl2NO6S. The van der Waals surface area contributed by atoms with Crippen LogP contribution in [0.4, 0.5) is 5.69 Å². The summed E-state index contributed by atoms with van der Waals surface area (Å²) in [6.45, 7) is 0. The van der Waals surface area contributed by atoms with E-state index < -0.39 is 41.1 Å². The van der Waals surface area contributed by atoms with Gasteiger partial charge in [0.25, 0.3) is 14.7 Å². The Bertz CT molecular complexity index is 611. The molecule has 1 aromatic carbocycles. The predicted molar refractivity (Wildman–Crippen MR) is 58.1 cm³/mol. The normalized spacial score (nSPS) is 11.2. The molecule has 0 saturated carbocycles. The third-order valence-corrected chi connectivity index (χ3v) is 3.58. The van der Waals surface area contributed by atoms with Crippen LogP contribution in [0.3, 0.4) is 0 Å². The van der Waals surface area contributed by atoms with Crippen molar-refractivity contribution in [1.29, 1.82) is 0 Å². The highest BCUT2D eigenvalue weighted by Crippen LogP contribution is 2.34. The van der Waals surface area contributed by atoms with Crippen molar-refractivity contribution in [3.63, 3.8) is 0 Å². The minimum Gasteiger partial charge on any atom is -0.478 e. The summed E-state index contributed by atoms with van der Waals surface area (Å²) < 4.78 is 22.1. The maximum absolute atomic E-state index is 11.1. The molecule has 0 unspecified atom stereocenters. The van der Waals surface area contributed by atoms with Gasteiger partial charge in [-0.3, -0.25) is 10.1 Å². The van der Waals surface area contributed by atoms with Gasteiger partial charge in [-0.2, -0.15) is 0 Å². The van der Waals surface area contributed by atoms with Crippen molar-refractivity contribution in [3.8, 4) is 0 Å². The van der Waals surface area contributed by atoms with E-state index in [1.165, 1.54) is 0 Å². The van der Waals surface area contributed by atoms with E-state index in [2.05, 4.69) is 0 Å². The average molecular weight is 300 g/mol. The molecule has 10 heteroatoms. The monoisotopic (exact) mass is 299 g/mol. The first-order valence-corrected chi connectivity index (χ1v) is 6.49. The molecule has 0 radical (unpaired) electrons. The van der Waals surface area contributed by atoms with Gasteiger partial charge in [-0.1, -0.05) is 11.6 Å². The molecule has 1 rings (SSSR count). The second-order valence-corrected chi connectivity index (χ2v) is 5.72. The number of halogens is 2. The van der Waals surface area contributed by atoms with Crippen molar-refractivity contribution < 1.29 is 23.2 Å². The van der Waals surface area contributed by atoms with E-state index in [9.17, 15) is 23.3 Å². The van der Waals surface area contributed by atoms with Crippen molar-refractivity contribution in [2.24, 2.45) is 0 Å². The molecule has 0 fully saturated rings. The molecule has 0 atom stereocenters. The van der Waals surface area contributed by atoms with Gasteiger partial charge >= 0.3 is 5.97 Å². The summed E-state index contributed by atoms with van der Waals surface area (Å²) in [4.78, 5) is 19.4. The van der Waals surface area contributed by atoms with Crippen molar-refractivity contribution in [2.75, 3.05) is 0 Å². The molecule has 0 aliphatic heterocycles. The van der Waals surface area contributed by atoms with E-state index in [0.29, 0.717) is 12.1 Å². The zero-order valence-electron chi connectivity index (χ0n) is 7.75. The second-order valence-electron chi connectivity index (χ2n) is 2.81. The van der Waals surface area contributed by atoms with Gasteiger partial charge in [-0.25, -0.2) is 13.2 Å². The molecule has 1 aromatic rings. The van der Waals surface area contributed by atoms with Crippen LogP contribution in [0.25, 0.3) is 0 Å². The Morgan fingerprint density at radius 1 is 1.41 bits per heavy atom. The van der Waals surface area contributed by atoms with Gasteiger partial charge < -0.3 is 5.11 Å². The first-order valence-electron chi connectivity index (χ1n) is 3.80. The van der Waals surface area contributed by atoms with E-state index in [4.69, 9.17) is 27.4 Å². The van der Waals surface area contributed by atoms with Gasteiger partial charge in [0.05, 0.1) is 10.5 Å². The van der Waals surface area contributed by atoms with Crippen LogP contribution in [0.5, 0.6) is 0 Å². The number of carboxylic acid groups (broad SMARTS) is 1. The molecule has 0 heterocycles. The summed E-state index contributed by atoms with van der Waals surface area (Å²) in [5, 5.41) is 18.5. The summed E-state index contributed by atoms with van der Waals surface area (Å²) >= 11 is 5.47. The Labute approximate surface area is 104 Å². The molecule has 92 valence electrons. The fourth-order valence-electron chi connectivity index (χ4n) is 1.02. The van der Waals surface area contributed by atoms with Crippen molar-refractivity contribution in [3.05, 3.63) is 32.8 Å². The zero-order chi connectivity index (χ0) is 13.4. The summed E-state index contributed by atoms with van der Waals surface area (Å²) in [5.41, 5.74) is -1.44. The number of carboxylic acids is 1. The van der Waals surface area contributed by atoms with E-state index in [1.54, 1.807) is 0 Å². The molecule has 0 aliphatic rings. The van der Waals surface area contributed by atoms with Crippen LogP contribution in [0.2, 0.25) is 5.02 Å². The number of hydrogen-bond acceptors (Lipinski definition) is 5. The molecule has 0 spiro atoms. The number of nitrogens with zero attached hydrogens (tertiary/aromatic N) is 1. The van der Waals surface area contributed by atoms with Crippen LogP contribution in [-0.4, -0.2) is 24.4 Å². The van der Waals surface area contributed by atoms with Crippen LogP contribution in [0.15, 0.2) is 17.0 Å². The highest BCUT2D eigenvalue weighted by Gasteiger charge is 2.26. The average Bonchev–Trinajstić information content (AvgIpc) is 2.15. The summed E-state index contributed by atoms with van der Waals surface area (Å²) in [7, 11) is 0.616. The topological polar surface area (TPSA) is 115 Å². The van der Waals surface area contributed by atoms with Crippen LogP contribution in [0, 0.1) is 10.1 Å². The van der Waals surface area contributed by atoms with Crippen molar-refractivity contribution in [1.82, 2.24) is 0 Å². The van der Waals surface area contributed by atoms with Gasteiger partial charge in [0.2, 0.25) is 0 Å². The van der Waals surface area contributed by atoms with Gasteiger partial charge in [-0.15, -0.1) is 0 Å². The van der Waals surface area contributed by atoms with Crippen LogP contribution < -0.4 is 0 Å². The van der Waals surface area contributed by atoms with Gasteiger partial charge in [0, 0.05) is 16.7 Å². The predicted octanol–water partition coefficient (Wildman–Crippen LogP) is 1.87. The van der Waals surface area contributed by atoms with Crippen molar-refractivity contribution in [2.45, 2.75) is 4.90 Å². The first kappa shape index (κ1) is 13.7. The summed E-state index contributed by atoms with van der Waals surface area (Å²) in [6, 6.07) is 1.30. The van der Waals surface area contributed by atoms with Gasteiger partial charge in [0.1, 0.15) is 9.92 Å². The van der Waals surface area contributed by atoms with E-state index in [1.807, 2.05) is 0 Å². The highest BCUT2D eigenvalue weighted by atomic mass is 35.7. The molecule has 17 heavy (non-hydrogen) atoms. The van der Waals surface area contributed by atoms with Gasteiger partial charge in [-0.05, 0) is 6.07 Å². The number of rotatable bonds is 3. The fraction of sp³-hybridized carbons (Fsp3) is 0. The second kappa shape index (κ2) is 4.47. The van der Waals surface area contributed by atoms with E-state index in [0.717, 1.165) is 0 Å². The third-order valence-electron chi connectivity index (χ3n) is 1.73. The molecule has 0 aliphatic carbocycles. The summed E-state index contributed by atoms with van der Waals surface area (Å²) in [5.74, 6) is -1.54. The minimum atomic E-state index is -4.37. The SMILES string of the molecule is O=C(O)c1cc([N+](=O)[O-])c(Cl)c(S(=O)(=O)Cl)c1. The largest absolute Gasteiger partial charge is 0.478 e. The van der Waals surface area contributed by atoms with Crippen molar-refractivity contribution >= 4 is 43.0 Å². The molecule has 0 aromatic heterocycles.